The summed E-state index contributed by atoms with van der Waals surface area (Å²) >= 11 is 13.8. The number of rotatable bonds is 5. The Bertz CT molecular complexity index is 969. The van der Waals surface area contributed by atoms with Crippen LogP contribution in [0.25, 0.3) is 0 Å². The Morgan fingerprint density at radius 3 is 2.40 bits per heavy atom. The third-order valence-corrected chi connectivity index (χ3v) is 9.36. The van der Waals surface area contributed by atoms with Crippen LogP contribution in [0.15, 0.2) is 28.6 Å². The zero-order valence-corrected chi connectivity index (χ0v) is 19.9. The number of aromatic nitrogens is 1. The molecule has 4 rings (SSSR count). The number of thiazole rings is 1. The van der Waals surface area contributed by atoms with Gasteiger partial charge in [0.05, 0.1) is 5.02 Å². The van der Waals surface area contributed by atoms with Crippen LogP contribution in [0.3, 0.4) is 0 Å². The van der Waals surface area contributed by atoms with E-state index in [1.807, 2.05) is 5.38 Å². The monoisotopic (exact) mass is 489 g/mol. The van der Waals surface area contributed by atoms with Crippen molar-refractivity contribution in [1.29, 1.82) is 0 Å². The molecule has 30 heavy (non-hydrogen) atoms. The van der Waals surface area contributed by atoms with Crippen LogP contribution >= 0.6 is 34.5 Å². The van der Waals surface area contributed by atoms with E-state index in [0.29, 0.717) is 29.7 Å². The number of aryl methyl sites for hydroxylation is 1. The molecule has 0 amide bonds. The molecule has 3 heterocycles. The Balaban J connectivity index is 1.32. The van der Waals surface area contributed by atoms with Gasteiger partial charge in [0.25, 0.3) is 5.19 Å². The first-order valence-corrected chi connectivity index (χ1v) is 13.2. The van der Waals surface area contributed by atoms with Crippen LogP contribution in [0.4, 0.5) is 0 Å². The molecule has 0 aliphatic carbocycles. The fourth-order valence-corrected chi connectivity index (χ4v) is 7.01. The van der Waals surface area contributed by atoms with E-state index in [1.54, 1.807) is 23.5 Å². The lowest BCUT2D eigenvalue weighted by Gasteiger charge is -2.41. The second-order valence-corrected chi connectivity index (χ2v) is 11.4. The van der Waals surface area contributed by atoms with Gasteiger partial charge in [0.1, 0.15) is 11.0 Å². The van der Waals surface area contributed by atoms with Crippen molar-refractivity contribution in [3.8, 4) is 5.19 Å². The molecule has 0 radical (unpaired) electrons. The maximum Gasteiger partial charge on any atom is 0.273 e. The van der Waals surface area contributed by atoms with Crippen LogP contribution in [0.1, 0.15) is 31.2 Å². The molecule has 164 valence electrons. The summed E-state index contributed by atoms with van der Waals surface area (Å²) in [5, 5.41) is 3.31. The molecule has 0 spiro atoms. The molecule has 2 aliphatic heterocycles. The van der Waals surface area contributed by atoms with Gasteiger partial charge in [-0.05, 0) is 50.3 Å². The van der Waals surface area contributed by atoms with Gasteiger partial charge in [0.15, 0.2) is 0 Å². The average Bonchev–Trinajstić information content (AvgIpc) is 3.24. The highest BCUT2D eigenvalue weighted by Gasteiger charge is 2.34. The van der Waals surface area contributed by atoms with Gasteiger partial charge in [0.2, 0.25) is 10.0 Å². The van der Waals surface area contributed by atoms with Crippen molar-refractivity contribution >= 4 is 44.6 Å². The molecule has 0 N–H and O–H groups in total. The van der Waals surface area contributed by atoms with Gasteiger partial charge in [-0.15, -0.1) is 0 Å². The number of sulfonamides is 1. The highest BCUT2D eigenvalue weighted by molar-refractivity contribution is 7.89. The van der Waals surface area contributed by atoms with Crippen molar-refractivity contribution in [2.45, 2.75) is 49.6 Å². The Morgan fingerprint density at radius 1 is 1.07 bits per heavy atom. The molecule has 6 nitrogen and oxygen atoms in total. The third kappa shape index (κ3) is 4.79. The van der Waals surface area contributed by atoms with Crippen molar-refractivity contribution in [1.82, 2.24) is 14.2 Å². The molecule has 1 aromatic heterocycles. The molecule has 0 unspecified atom stereocenters. The number of hydrogen-bond acceptors (Lipinski definition) is 6. The van der Waals surface area contributed by atoms with Crippen LogP contribution in [0.5, 0.6) is 5.19 Å². The summed E-state index contributed by atoms with van der Waals surface area (Å²) in [5.41, 5.74) is 0.706. The quantitative estimate of drug-likeness (QED) is 0.620. The third-order valence-electron chi connectivity index (χ3n) is 5.92. The molecular weight excluding hydrogens is 465 g/mol. The van der Waals surface area contributed by atoms with Crippen LogP contribution in [0, 0.1) is 6.92 Å². The van der Waals surface area contributed by atoms with E-state index in [2.05, 4.69) is 9.88 Å². The first-order valence-electron chi connectivity index (χ1n) is 10.1. The van der Waals surface area contributed by atoms with E-state index in [9.17, 15) is 8.42 Å². The lowest BCUT2D eigenvalue weighted by Crippen LogP contribution is -2.50. The minimum Gasteiger partial charge on any atom is -0.467 e. The molecular formula is C20H25Cl2N3O3S2. The smallest absolute Gasteiger partial charge is 0.273 e. The summed E-state index contributed by atoms with van der Waals surface area (Å²) in [6.45, 7) is 4.72. The average molecular weight is 490 g/mol. The maximum atomic E-state index is 13.1. The summed E-state index contributed by atoms with van der Waals surface area (Å²) in [5.74, 6) is 0. The molecule has 1 aromatic carbocycles. The number of benzene rings is 1. The molecule has 0 saturated carbocycles. The SMILES string of the molecule is Cc1cc(S(=O)(=O)N2CCC(N3CCC(Oc4nccs4)CC3)CC2)c(Cl)cc1Cl. The van der Waals surface area contributed by atoms with Crippen molar-refractivity contribution in [2.24, 2.45) is 0 Å². The van der Waals surface area contributed by atoms with Crippen LogP contribution in [0.2, 0.25) is 10.0 Å². The Kier molecular flexibility index (Phi) is 6.91. The second-order valence-electron chi connectivity index (χ2n) is 7.82. The molecule has 0 atom stereocenters. The maximum absolute atomic E-state index is 13.1. The van der Waals surface area contributed by atoms with E-state index in [-0.39, 0.29) is 16.0 Å². The van der Waals surface area contributed by atoms with E-state index < -0.39 is 10.0 Å². The zero-order valence-electron chi connectivity index (χ0n) is 16.8. The van der Waals surface area contributed by atoms with Gasteiger partial charge in [-0.1, -0.05) is 34.5 Å². The predicted octanol–water partition coefficient (Wildman–Crippen LogP) is 4.45. The van der Waals surface area contributed by atoms with Gasteiger partial charge in [-0.25, -0.2) is 13.4 Å². The fraction of sp³-hybridized carbons (Fsp3) is 0.550. The number of hydrogen-bond donors (Lipinski definition) is 0. The van der Waals surface area contributed by atoms with Gasteiger partial charge in [0, 0.05) is 48.8 Å². The molecule has 10 heteroatoms. The predicted molar refractivity (Wildman–Crippen MR) is 120 cm³/mol. The summed E-state index contributed by atoms with van der Waals surface area (Å²) in [4.78, 5) is 6.82. The fourth-order valence-electron chi connectivity index (χ4n) is 4.19. The molecule has 2 saturated heterocycles. The van der Waals surface area contributed by atoms with E-state index >= 15 is 0 Å². The highest BCUT2D eigenvalue weighted by atomic mass is 35.5. The normalized spacial score (nSPS) is 20.5. The zero-order chi connectivity index (χ0) is 21.3. The van der Waals surface area contributed by atoms with Gasteiger partial charge >= 0.3 is 0 Å². The first kappa shape index (κ1) is 22.3. The summed E-state index contributed by atoms with van der Waals surface area (Å²) < 4.78 is 33.7. The topological polar surface area (TPSA) is 62.7 Å². The Morgan fingerprint density at radius 2 is 1.77 bits per heavy atom. The van der Waals surface area contributed by atoms with E-state index in [0.717, 1.165) is 44.0 Å². The van der Waals surface area contributed by atoms with Crippen molar-refractivity contribution < 1.29 is 13.2 Å². The van der Waals surface area contributed by atoms with Crippen molar-refractivity contribution in [2.75, 3.05) is 26.2 Å². The summed E-state index contributed by atoms with van der Waals surface area (Å²) in [6, 6.07) is 3.48. The standard InChI is InChI=1S/C20H25Cl2N3O3S2/c1-14-12-19(18(22)13-17(14)21)30(26,27)25-9-2-15(3-10-25)24-7-4-16(5-8-24)28-20-23-6-11-29-20/h6,11-13,15-16H,2-5,7-10H2,1H3. The van der Waals surface area contributed by atoms with Crippen molar-refractivity contribution in [3.63, 3.8) is 0 Å². The van der Waals surface area contributed by atoms with Crippen LogP contribution < -0.4 is 4.74 Å². The summed E-state index contributed by atoms with van der Waals surface area (Å²) in [6.07, 6.45) is 5.55. The van der Waals surface area contributed by atoms with Gasteiger partial charge in [-0.2, -0.15) is 4.31 Å². The number of halogens is 2. The first-order chi connectivity index (χ1) is 14.3. The van der Waals surface area contributed by atoms with E-state index in [1.165, 1.54) is 17.4 Å². The largest absolute Gasteiger partial charge is 0.467 e. The second kappa shape index (κ2) is 9.30. The number of nitrogens with zero attached hydrogens (tertiary/aromatic N) is 3. The number of ether oxygens (including phenoxy) is 1. The highest BCUT2D eigenvalue weighted by Crippen LogP contribution is 2.32. The van der Waals surface area contributed by atoms with Crippen LogP contribution in [-0.2, 0) is 10.0 Å². The molecule has 0 bridgehead atoms. The molecule has 2 aliphatic rings. The summed E-state index contributed by atoms with van der Waals surface area (Å²) in [7, 11) is -3.63. The Hall–Kier alpha value is -0.900. The minimum atomic E-state index is -3.63. The van der Waals surface area contributed by atoms with Gasteiger partial charge in [-0.3, -0.25) is 0 Å². The lowest BCUT2D eigenvalue weighted by atomic mass is 10.00. The van der Waals surface area contributed by atoms with Crippen molar-refractivity contribution in [3.05, 3.63) is 39.3 Å². The lowest BCUT2D eigenvalue weighted by molar-refractivity contribution is 0.0584. The number of piperidine rings is 2. The number of likely N-dealkylation sites (tertiary alicyclic amines) is 1. The van der Waals surface area contributed by atoms with E-state index in [4.69, 9.17) is 27.9 Å². The van der Waals surface area contributed by atoms with Crippen LogP contribution in [-0.4, -0.2) is 60.9 Å². The molecule has 2 fully saturated rings. The van der Waals surface area contributed by atoms with Gasteiger partial charge < -0.3 is 9.64 Å². The Labute approximate surface area is 191 Å². The molecule has 2 aromatic rings. The minimum absolute atomic E-state index is 0.143.